The standard InChI is InChI=1S/C14H19FN2/c15-14-6-1-3-10-7-12(17-9-13(10)14)8-16-11-4-2-5-11/h1,3,6,11-12,16-17H,2,4-5,7-9H2. The van der Waals surface area contributed by atoms with Gasteiger partial charge in [-0.05, 0) is 30.9 Å². The average molecular weight is 234 g/mol. The second-order valence-electron chi connectivity index (χ2n) is 5.20. The van der Waals surface area contributed by atoms with Crippen LogP contribution in [0.3, 0.4) is 0 Å². The summed E-state index contributed by atoms with van der Waals surface area (Å²) in [5, 5.41) is 7.00. The first-order valence-electron chi connectivity index (χ1n) is 6.56. The molecule has 0 amide bonds. The molecule has 0 bridgehead atoms. The lowest BCUT2D eigenvalue weighted by molar-refractivity contribution is 0.315. The zero-order valence-corrected chi connectivity index (χ0v) is 10.0. The smallest absolute Gasteiger partial charge is 0.127 e. The summed E-state index contributed by atoms with van der Waals surface area (Å²) in [5.41, 5.74) is 2.02. The first-order valence-corrected chi connectivity index (χ1v) is 6.56. The Balaban J connectivity index is 1.60. The van der Waals surface area contributed by atoms with E-state index in [0.29, 0.717) is 12.6 Å². The topological polar surface area (TPSA) is 24.1 Å². The number of halogens is 1. The predicted octanol–water partition coefficient (Wildman–Crippen LogP) is 1.98. The number of nitrogens with one attached hydrogen (secondary N) is 2. The van der Waals surface area contributed by atoms with Crippen LogP contribution in [0.4, 0.5) is 4.39 Å². The molecule has 0 aromatic heterocycles. The van der Waals surface area contributed by atoms with E-state index in [1.807, 2.05) is 6.07 Å². The maximum Gasteiger partial charge on any atom is 0.127 e. The molecule has 1 saturated carbocycles. The van der Waals surface area contributed by atoms with E-state index in [4.69, 9.17) is 0 Å². The third-order valence-electron chi connectivity index (χ3n) is 4.01. The number of hydrogen-bond acceptors (Lipinski definition) is 2. The van der Waals surface area contributed by atoms with Crippen molar-refractivity contribution in [2.24, 2.45) is 0 Å². The van der Waals surface area contributed by atoms with Crippen LogP contribution in [0.15, 0.2) is 18.2 Å². The molecule has 0 radical (unpaired) electrons. The Morgan fingerprint density at radius 1 is 1.35 bits per heavy atom. The lowest BCUT2D eigenvalue weighted by Gasteiger charge is -2.31. The fraction of sp³-hybridized carbons (Fsp3) is 0.571. The molecule has 92 valence electrons. The predicted molar refractivity (Wildman–Crippen MR) is 66.4 cm³/mol. The molecule has 1 atom stereocenters. The van der Waals surface area contributed by atoms with Gasteiger partial charge in [0.05, 0.1) is 0 Å². The molecule has 3 heteroatoms. The van der Waals surface area contributed by atoms with E-state index >= 15 is 0 Å². The van der Waals surface area contributed by atoms with Crippen molar-refractivity contribution in [1.82, 2.24) is 10.6 Å². The summed E-state index contributed by atoms with van der Waals surface area (Å²) < 4.78 is 13.5. The van der Waals surface area contributed by atoms with Crippen molar-refractivity contribution < 1.29 is 4.39 Å². The summed E-state index contributed by atoms with van der Waals surface area (Å²) in [4.78, 5) is 0. The van der Waals surface area contributed by atoms with Crippen LogP contribution in [0.5, 0.6) is 0 Å². The van der Waals surface area contributed by atoms with Crippen molar-refractivity contribution in [1.29, 1.82) is 0 Å². The fourth-order valence-corrected chi connectivity index (χ4v) is 2.64. The van der Waals surface area contributed by atoms with Crippen LogP contribution in [-0.4, -0.2) is 18.6 Å². The van der Waals surface area contributed by atoms with Crippen molar-refractivity contribution in [2.75, 3.05) is 6.54 Å². The molecule has 3 rings (SSSR count). The first-order chi connectivity index (χ1) is 8.33. The second-order valence-corrected chi connectivity index (χ2v) is 5.20. The third kappa shape index (κ3) is 2.35. The molecule has 1 fully saturated rings. The van der Waals surface area contributed by atoms with Gasteiger partial charge in [-0.1, -0.05) is 18.6 Å². The van der Waals surface area contributed by atoms with E-state index in [2.05, 4.69) is 16.7 Å². The highest BCUT2D eigenvalue weighted by molar-refractivity contribution is 5.31. The van der Waals surface area contributed by atoms with E-state index in [9.17, 15) is 4.39 Å². The SMILES string of the molecule is Fc1cccc2c1CNC(CNC1CCC1)C2. The van der Waals surface area contributed by atoms with Crippen LogP contribution in [0, 0.1) is 5.82 Å². The quantitative estimate of drug-likeness (QED) is 0.835. The Labute approximate surface area is 102 Å². The van der Waals surface area contributed by atoms with Crippen LogP contribution in [0.2, 0.25) is 0 Å². The van der Waals surface area contributed by atoms with Gasteiger partial charge in [0, 0.05) is 30.7 Å². The summed E-state index contributed by atoms with van der Waals surface area (Å²) in [6.07, 6.45) is 4.94. The van der Waals surface area contributed by atoms with Gasteiger partial charge in [-0.3, -0.25) is 0 Å². The highest BCUT2D eigenvalue weighted by atomic mass is 19.1. The van der Waals surface area contributed by atoms with Gasteiger partial charge in [0.2, 0.25) is 0 Å². The van der Waals surface area contributed by atoms with Gasteiger partial charge in [-0.15, -0.1) is 0 Å². The lowest BCUT2D eigenvalue weighted by atomic mass is 9.91. The minimum absolute atomic E-state index is 0.0691. The van der Waals surface area contributed by atoms with E-state index < -0.39 is 0 Å². The van der Waals surface area contributed by atoms with Gasteiger partial charge in [-0.2, -0.15) is 0 Å². The van der Waals surface area contributed by atoms with Gasteiger partial charge in [0.1, 0.15) is 5.82 Å². The molecule has 17 heavy (non-hydrogen) atoms. The summed E-state index contributed by atoms with van der Waals surface area (Å²) >= 11 is 0. The fourth-order valence-electron chi connectivity index (χ4n) is 2.64. The molecule has 0 spiro atoms. The van der Waals surface area contributed by atoms with E-state index in [1.54, 1.807) is 6.07 Å². The number of benzene rings is 1. The van der Waals surface area contributed by atoms with Crippen LogP contribution < -0.4 is 10.6 Å². The Bertz CT molecular complexity index is 401. The monoisotopic (exact) mass is 234 g/mol. The Kier molecular flexibility index (Phi) is 3.12. The number of fused-ring (bicyclic) bond motifs is 1. The Morgan fingerprint density at radius 2 is 2.24 bits per heavy atom. The molecule has 1 heterocycles. The van der Waals surface area contributed by atoms with Crippen LogP contribution >= 0.6 is 0 Å². The zero-order chi connectivity index (χ0) is 11.7. The Hall–Kier alpha value is -0.930. The highest BCUT2D eigenvalue weighted by Crippen LogP contribution is 2.21. The number of rotatable bonds is 3. The highest BCUT2D eigenvalue weighted by Gasteiger charge is 2.22. The lowest BCUT2D eigenvalue weighted by Crippen LogP contribution is -2.47. The summed E-state index contributed by atoms with van der Waals surface area (Å²) in [7, 11) is 0. The molecule has 1 aliphatic heterocycles. The van der Waals surface area contributed by atoms with Crippen molar-refractivity contribution in [3.8, 4) is 0 Å². The minimum Gasteiger partial charge on any atom is -0.312 e. The number of hydrogen-bond donors (Lipinski definition) is 2. The minimum atomic E-state index is -0.0691. The van der Waals surface area contributed by atoms with E-state index in [-0.39, 0.29) is 5.82 Å². The van der Waals surface area contributed by atoms with Crippen LogP contribution in [0.25, 0.3) is 0 Å². The normalized spacial score (nSPS) is 24.2. The van der Waals surface area contributed by atoms with E-state index in [0.717, 1.165) is 24.6 Å². The molecule has 0 saturated heterocycles. The summed E-state index contributed by atoms with van der Waals surface area (Å²) in [5.74, 6) is -0.0691. The van der Waals surface area contributed by atoms with Crippen molar-refractivity contribution >= 4 is 0 Å². The second kappa shape index (κ2) is 4.75. The molecular formula is C14H19FN2. The van der Waals surface area contributed by atoms with Crippen molar-refractivity contribution in [3.63, 3.8) is 0 Å². The molecule has 1 aromatic carbocycles. The first kappa shape index (κ1) is 11.2. The van der Waals surface area contributed by atoms with Gasteiger partial charge in [0.25, 0.3) is 0 Å². The van der Waals surface area contributed by atoms with Crippen molar-refractivity contribution in [2.45, 2.75) is 44.3 Å². The molecule has 2 nitrogen and oxygen atoms in total. The van der Waals surface area contributed by atoms with Crippen molar-refractivity contribution in [3.05, 3.63) is 35.1 Å². The molecule has 1 aliphatic carbocycles. The third-order valence-corrected chi connectivity index (χ3v) is 4.01. The molecular weight excluding hydrogens is 215 g/mol. The van der Waals surface area contributed by atoms with Gasteiger partial charge in [-0.25, -0.2) is 4.39 Å². The summed E-state index contributed by atoms with van der Waals surface area (Å²) in [6, 6.07) is 6.59. The van der Waals surface area contributed by atoms with Gasteiger partial charge < -0.3 is 10.6 Å². The molecule has 1 unspecified atom stereocenters. The maximum absolute atomic E-state index is 13.5. The van der Waals surface area contributed by atoms with Gasteiger partial charge in [0.15, 0.2) is 0 Å². The van der Waals surface area contributed by atoms with E-state index in [1.165, 1.54) is 24.8 Å². The average Bonchev–Trinajstić information content (AvgIpc) is 2.27. The largest absolute Gasteiger partial charge is 0.312 e. The Morgan fingerprint density at radius 3 is 3.00 bits per heavy atom. The van der Waals surface area contributed by atoms with Crippen LogP contribution in [-0.2, 0) is 13.0 Å². The maximum atomic E-state index is 13.5. The van der Waals surface area contributed by atoms with Gasteiger partial charge >= 0.3 is 0 Å². The molecule has 2 aliphatic rings. The van der Waals surface area contributed by atoms with Crippen LogP contribution in [0.1, 0.15) is 30.4 Å². The molecule has 2 N–H and O–H groups in total. The summed E-state index contributed by atoms with van der Waals surface area (Å²) in [6.45, 7) is 1.67. The zero-order valence-electron chi connectivity index (χ0n) is 10.0. The molecule has 1 aromatic rings.